The Morgan fingerprint density at radius 3 is 2.55 bits per heavy atom. The highest BCUT2D eigenvalue weighted by Crippen LogP contribution is 2.34. The molecule has 0 spiro atoms. The predicted octanol–water partition coefficient (Wildman–Crippen LogP) is 6.06. The molecule has 33 heavy (non-hydrogen) atoms. The summed E-state index contributed by atoms with van der Waals surface area (Å²) in [7, 11) is -3.64. The first-order chi connectivity index (χ1) is 15.7. The van der Waals surface area contributed by atoms with Crippen LogP contribution in [0.3, 0.4) is 0 Å². The number of carbonyl (C=O) groups is 1. The molecule has 0 bridgehead atoms. The molecule has 172 valence electrons. The summed E-state index contributed by atoms with van der Waals surface area (Å²) in [6.07, 6.45) is 1.36. The molecule has 0 radical (unpaired) electrons. The van der Waals surface area contributed by atoms with Gasteiger partial charge in [-0.2, -0.15) is 0 Å². The zero-order chi connectivity index (χ0) is 23.6. The lowest BCUT2D eigenvalue weighted by atomic mass is 10.0. The zero-order valence-corrected chi connectivity index (χ0v) is 20.6. The number of sulfone groups is 1. The van der Waals surface area contributed by atoms with E-state index in [9.17, 15) is 13.2 Å². The van der Waals surface area contributed by atoms with Gasteiger partial charge in [0.2, 0.25) is 5.91 Å². The van der Waals surface area contributed by atoms with Crippen LogP contribution in [0.2, 0.25) is 5.02 Å². The molecular formula is C24H23ClN2O4S2. The molecule has 0 unspecified atom stereocenters. The molecule has 0 fully saturated rings. The average molecular weight is 503 g/mol. The van der Waals surface area contributed by atoms with Crippen molar-refractivity contribution >= 4 is 54.0 Å². The monoisotopic (exact) mass is 502 g/mol. The van der Waals surface area contributed by atoms with Gasteiger partial charge in [0.1, 0.15) is 5.76 Å². The summed E-state index contributed by atoms with van der Waals surface area (Å²) in [5.41, 5.74) is 1.96. The Balaban J connectivity index is 1.62. The van der Waals surface area contributed by atoms with Gasteiger partial charge in [-0.05, 0) is 53.9 Å². The topological polar surface area (TPSA) is 80.5 Å². The van der Waals surface area contributed by atoms with Crippen LogP contribution in [0.15, 0.2) is 70.2 Å². The third-order valence-electron chi connectivity index (χ3n) is 5.24. The minimum Gasteiger partial charge on any atom is -0.467 e. The Morgan fingerprint density at radius 2 is 1.88 bits per heavy atom. The lowest BCUT2D eigenvalue weighted by Gasteiger charge is -2.18. The van der Waals surface area contributed by atoms with E-state index in [1.807, 2.05) is 18.2 Å². The summed E-state index contributed by atoms with van der Waals surface area (Å²) < 4.78 is 31.9. The predicted molar refractivity (Wildman–Crippen MR) is 132 cm³/mol. The smallest absolute Gasteiger partial charge is 0.230 e. The van der Waals surface area contributed by atoms with E-state index in [0.717, 1.165) is 15.8 Å². The molecular weight excluding hydrogens is 480 g/mol. The van der Waals surface area contributed by atoms with Crippen molar-refractivity contribution < 1.29 is 17.6 Å². The molecule has 0 aliphatic rings. The second kappa shape index (κ2) is 9.67. The Hall–Kier alpha value is -2.68. The van der Waals surface area contributed by atoms with Gasteiger partial charge in [0.05, 0.1) is 33.7 Å². The summed E-state index contributed by atoms with van der Waals surface area (Å²) in [6, 6.07) is 15.5. The maximum atomic E-state index is 13.3. The van der Waals surface area contributed by atoms with Crippen molar-refractivity contribution in [1.82, 2.24) is 4.98 Å². The molecule has 1 amide bonds. The molecule has 4 rings (SSSR count). The maximum Gasteiger partial charge on any atom is 0.230 e. The number of thiazole rings is 1. The fourth-order valence-corrected chi connectivity index (χ4v) is 5.85. The molecule has 4 aromatic rings. The molecule has 0 aliphatic carbocycles. The minimum absolute atomic E-state index is 0.138. The number of carbonyl (C=O) groups excluding carboxylic acids is 1. The summed E-state index contributed by atoms with van der Waals surface area (Å²) in [5, 5.41) is 0.967. The maximum absolute atomic E-state index is 13.3. The SMILES string of the molecule is CC(C)c1cccc2sc(N(Cc3ccco3)C(=O)CCS(=O)(=O)c3ccc(Cl)cc3)nc12. The lowest BCUT2D eigenvalue weighted by molar-refractivity contribution is -0.118. The van der Waals surface area contributed by atoms with Crippen LogP contribution in [-0.4, -0.2) is 25.1 Å². The van der Waals surface area contributed by atoms with Crippen LogP contribution in [0.4, 0.5) is 5.13 Å². The Morgan fingerprint density at radius 1 is 1.12 bits per heavy atom. The van der Waals surface area contributed by atoms with Crippen molar-refractivity contribution in [3.8, 4) is 0 Å². The van der Waals surface area contributed by atoms with E-state index in [1.54, 1.807) is 12.1 Å². The van der Waals surface area contributed by atoms with Gasteiger partial charge in [0, 0.05) is 11.4 Å². The number of hydrogen-bond donors (Lipinski definition) is 0. The number of amides is 1. The number of benzene rings is 2. The number of para-hydroxylation sites is 1. The van der Waals surface area contributed by atoms with Gasteiger partial charge in [-0.3, -0.25) is 9.69 Å². The number of nitrogens with zero attached hydrogens (tertiary/aromatic N) is 2. The molecule has 2 aromatic heterocycles. The first-order valence-corrected chi connectivity index (χ1v) is 13.3. The number of anilines is 1. The summed E-state index contributed by atoms with van der Waals surface area (Å²) in [4.78, 5) is 19.7. The summed E-state index contributed by atoms with van der Waals surface area (Å²) in [5.74, 6) is 0.216. The molecule has 6 nitrogen and oxygen atoms in total. The average Bonchev–Trinajstić information content (AvgIpc) is 3.45. The third kappa shape index (κ3) is 5.29. The van der Waals surface area contributed by atoms with Crippen LogP contribution >= 0.6 is 22.9 Å². The molecule has 0 saturated heterocycles. The Bertz CT molecular complexity index is 1360. The quantitative estimate of drug-likeness (QED) is 0.292. The van der Waals surface area contributed by atoms with Crippen molar-refractivity contribution in [2.24, 2.45) is 0 Å². The molecule has 0 saturated carbocycles. The van der Waals surface area contributed by atoms with E-state index < -0.39 is 9.84 Å². The number of furan rings is 1. The van der Waals surface area contributed by atoms with Gasteiger partial charge >= 0.3 is 0 Å². The lowest BCUT2D eigenvalue weighted by Crippen LogP contribution is -2.31. The number of rotatable bonds is 8. The van der Waals surface area contributed by atoms with Crippen LogP contribution in [-0.2, 0) is 21.2 Å². The van der Waals surface area contributed by atoms with Gasteiger partial charge in [0.25, 0.3) is 0 Å². The van der Waals surface area contributed by atoms with Gasteiger partial charge in [-0.15, -0.1) is 0 Å². The normalized spacial score (nSPS) is 11.9. The Kier molecular flexibility index (Phi) is 6.88. The van der Waals surface area contributed by atoms with Crippen molar-refractivity contribution in [2.75, 3.05) is 10.7 Å². The number of fused-ring (bicyclic) bond motifs is 1. The van der Waals surface area contributed by atoms with E-state index in [-0.39, 0.29) is 35.4 Å². The number of hydrogen-bond acceptors (Lipinski definition) is 6. The van der Waals surface area contributed by atoms with E-state index >= 15 is 0 Å². The fourth-order valence-electron chi connectivity index (χ4n) is 3.48. The van der Waals surface area contributed by atoms with E-state index in [1.165, 1.54) is 46.8 Å². The highest BCUT2D eigenvalue weighted by Gasteiger charge is 2.25. The number of halogens is 1. The van der Waals surface area contributed by atoms with E-state index in [0.29, 0.717) is 15.9 Å². The first-order valence-electron chi connectivity index (χ1n) is 10.4. The van der Waals surface area contributed by atoms with Crippen molar-refractivity contribution in [2.45, 2.75) is 37.6 Å². The largest absolute Gasteiger partial charge is 0.467 e. The Labute approximate surface area is 201 Å². The standard InChI is InChI=1S/C24H23ClN2O4S2/c1-16(2)20-6-3-7-21-23(20)26-24(32-21)27(15-18-5-4-13-31-18)22(28)12-14-33(29,30)19-10-8-17(25)9-11-19/h3-11,13,16H,12,14-15H2,1-2H3. The molecule has 2 heterocycles. The van der Waals surface area contributed by atoms with Crippen LogP contribution in [0.25, 0.3) is 10.2 Å². The van der Waals surface area contributed by atoms with Gasteiger partial charge in [-0.25, -0.2) is 13.4 Å². The van der Waals surface area contributed by atoms with Crippen LogP contribution < -0.4 is 4.90 Å². The third-order valence-corrected chi connectivity index (χ3v) is 8.27. The summed E-state index contributed by atoms with van der Waals surface area (Å²) >= 11 is 7.27. The van der Waals surface area contributed by atoms with Crippen molar-refractivity contribution in [1.29, 1.82) is 0 Å². The van der Waals surface area contributed by atoms with Crippen LogP contribution in [0.1, 0.15) is 37.5 Å². The van der Waals surface area contributed by atoms with Gasteiger partial charge in [0.15, 0.2) is 15.0 Å². The van der Waals surface area contributed by atoms with Crippen molar-refractivity contribution in [3.63, 3.8) is 0 Å². The summed E-state index contributed by atoms with van der Waals surface area (Å²) in [6.45, 7) is 4.37. The zero-order valence-electron chi connectivity index (χ0n) is 18.2. The van der Waals surface area contributed by atoms with Gasteiger partial charge < -0.3 is 4.42 Å². The second-order valence-corrected chi connectivity index (χ2v) is 11.5. The first kappa shape index (κ1) is 23.5. The fraction of sp³-hybridized carbons (Fsp3) is 0.250. The molecule has 9 heteroatoms. The van der Waals surface area contributed by atoms with Gasteiger partial charge in [-0.1, -0.05) is 48.9 Å². The highest BCUT2D eigenvalue weighted by atomic mass is 35.5. The number of aromatic nitrogens is 1. The van der Waals surface area contributed by atoms with E-state index in [4.69, 9.17) is 21.0 Å². The van der Waals surface area contributed by atoms with Crippen LogP contribution in [0, 0.1) is 0 Å². The minimum atomic E-state index is -3.64. The molecule has 2 aromatic carbocycles. The highest BCUT2D eigenvalue weighted by molar-refractivity contribution is 7.91. The molecule has 0 atom stereocenters. The van der Waals surface area contributed by atoms with Crippen LogP contribution in [0.5, 0.6) is 0 Å². The second-order valence-electron chi connectivity index (χ2n) is 7.93. The van der Waals surface area contributed by atoms with Crippen molar-refractivity contribution in [3.05, 3.63) is 77.2 Å². The molecule has 0 N–H and O–H groups in total. The molecule has 0 aliphatic heterocycles. The van der Waals surface area contributed by atoms with E-state index in [2.05, 4.69) is 13.8 Å².